The van der Waals surface area contributed by atoms with Crippen LogP contribution in [0.15, 0.2) is 102 Å². The molecule has 0 saturated carbocycles. The number of aromatic nitrogens is 1. The second-order valence-corrected chi connectivity index (χ2v) is 14.6. The minimum absolute atomic E-state index is 0. The quantitative estimate of drug-likeness (QED) is 0.0954. The third-order valence-corrected chi connectivity index (χ3v) is 11.0. The lowest BCUT2D eigenvalue weighted by atomic mass is 9.85. The molecule has 3 fully saturated rings. The maximum Gasteiger partial charge on any atom is 0.374 e. The number of carbonyl (C=O) groups excluding carboxylic acids is 2. The number of pyridine rings is 1. The van der Waals surface area contributed by atoms with E-state index in [0.717, 1.165) is 43.6 Å². The number of hydrogen-bond donors (Lipinski definition) is 0. The predicted molar refractivity (Wildman–Crippen MR) is 208 cm³/mol. The maximum absolute atomic E-state index is 13.5. The number of esters is 2. The van der Waals surface area contributed by atoms with Gasteiger partial charge in [0.2, 0.25) is 5.76 Å². The van der Waals surface area contributed by atoms with E-state index in [4.69, 9.17) is 51.3 Å². The van der Waals surface area contributed by atoms with E-state index in [1.165, 1.54) is 7.11 Å². The van der Waals surface area contributed by atoms with Gasteiger partial charge in [0, 0.05) is 24.4 Å². The molecular formula is C43H44Cl2N2O9. The summed E-state index contributed by atoms with van der Waals surface area (Å²) in [6, 6.07) is 26.1. The van der Waals surface area contributed by atoms with Gasteiger partial charge in [-0.3, -0.25) is 9.69 Å². The van der Waals surface area contributed by atoms with Gasteiger partial charge in [-0.1, -0.05) is 71.7 Å². The van der Waals surface area contributed by atoms with Crippen molar-refractivity contribution >= 4 is 35.1 Å². The number of piperidine rings is 3. The highest BCUT2D eigenvalue weighted by atomic mass is 35.5. The van der Waals surface area contributed by atoms with Crippen molar-refractivity contribution in [2.24, 2.45) is 5.92 Å². The second kappa shape index (κ2) is 18.7. The fourth-order valence-corrected chi connectivity index (χ4v) is 7.94. The predicted octanol–water partition coefficient (Wildman–Crippen LogP) is 8.12. The molecule has 11 nitrogen and oxygen atoms in total. The zero-order valence-corrected chi connectivity index (χ0v) is 32.6. The third kappa shape index (κ3) is 9.65. The molecule has 8 rings (SSSR count). The van der Waals surface area contributed by atoms with Crippen LogP contribution < -0.4 is 19.2 Å². The molecule has 0 amide bonds. The number of H-pyrrole nitrogens is 1. The molecule has 3 aliphatic heterocycles. The molecule has 0 radical (unpaired) electrons. The highest BCUT2D eigenvalue weighted by Crippen LogP contribution is 2.37. The van der Waals surface area contributed by atoms with Gasteiger partial charge in [0.05, 0.1) is 20.6 Å². The molecule has 2 bridgehead atoms. The Morgan fingerprint density at radius 3 is 2.29 bits per heavy atom. The number of halogens is 2. The van der Waals surface area contributed by atoms with Crippen molar-refractivity contribution < 1.29 is 48.2 Å². The molecule has 2 aromatic heterocycles. The number of furan rings is 1. The molecule has 3 aliphatic rings. The smallest absolute Gasteiger partial charge is 0.374 e. The average Bonchev–Trinajstić information content (AvgIpc) is 3.70. The number of carbonyl (C=O) groups is 2. The van der Waals surface area contributed by atoms with Gasteiger partial charge in [0.1, 0.15) is 40.4 Å². The van der Waals surface area contributed by atoms with Gasteiger partial charge in [-0.15, -0.1) is 0 Å². The molecule has 3 saturated heterocycles. The van der Waals surface area contributed by atoms with E-state index in [1.807, 2.05) is 54.6 Å². The Balaban J connectivity index is 0.00000532. The summed E-state index contributed by atoms with van der Waals surface area (Å²) in [7, 11) is 3.08. The Morgan fingerprint density at radius 1 is 0.857 bits per heavy atom. The number of aromatic amines is 1. The minimum Gasteiger partial charge on any atom is -0.870 e. The number of nitrogens with zero attached hydrogens (tertiary/aromatic N) is 1. The summed E-state index contributed by atoms with van der Waals surface area (Å²) in [5.74, 6) is 1.35. The van der Waals surface area contributed by atoms with E-state index >= 15 is 0 Å². The number of ether oxygens (including phenoxy) is 5. The van der Waals surface area contributed by atoms with Crippen molar-refractivity contribution in [3.63, 3.8) is 0 Å². The largest absolute Gasteiger partial charge is 0.870 e. The Kier molecular flexibility index (Phi) is 13.6. The fraction of sp³-hybridized carbons (Fsp3) is 0.326. The fourth-order valence-electron chi connectivity index (χ4n) is 7.41. The minimum atomic E-state index is -0.803. The van der Waals surface area contributed by atoms with Gasteiger partial charge in [-0.25, -0.2) is 9.78 Å². The molecule has 2 N–H and O–H groups in total. The zero-order chi connectivity index (χ0) is 38.3. The van der Waals surface area contributed by atoms with Gasteiger partial charge in [0.25, 0.3) is 0 Å². The summed E-state index contributed by atoms with van der Waals surface area (Å²) in [6.07, 6.45) is 4.93. The Hall–Kier alpha value is -5.07. The molecule has 0 spiro atoms. The van der Waals surface area contributed by atoms with Crippen molar-refractivity contribution in [1.82, 2.24) is 4.90 Å². The average molecular weight is 804 g/mol. The van der Waals surface area contributed by atoms with E-state index < -0.39 is 12.1 Å². The summed E-state index contributed by atoms with van der Waals surface area (Å²) < 4.78 is 35.1. The lowest BCUT2D eigenvalue weighted by molar-refractivity contribution is -0.377. The van der Waals surface area contributed by atoms with Crippen LogP contribution in [-0.4, -0.2) is 62.3 Å². The first-order valence-electron chi connectivity index (χ1n) is 18.3. The van der Waals surface area contributed by atoms with Crippen LogP contribution in [0.25, 0.3) is 0 Å². The Labute approximate surface area is 335 Å². The molecule has 294 valence electrons. The van der Waals surface area contributed by atoms with Crippen LogP contribution in [-0.2, 0) is 27.3 Å². The molecule has 3 aromatic carbocycles. The van der Waals surface area contributed by atoms with E-state index in [1.54, 1.807) is 49.8 Å². The summed E-state index contributed by atoms with van der Waals surface area (Å²) in [6.45, 7) is 3.04. The summed E-state index contributed by atoms with van der Waals surface area (Å²) >= 11 is 13.0. The molecule has 0 aliphatic carbocycles. The number of rotatable bonds is 15. The SMILES string of the molecule is COc1ccc([C@H](Cc2c(Cl)c[nH+]cc2Cl)OC(=O)c2ccc(COc3cccc([C@@H](CC(=O)O[C@H]4CN5CCC4CC5)c4ccccc4)c3)o2)cc1OC.[OH-]. The molecular weight excluding hydrogens is 759 g/mol. The van der Waals surface area contributed by atoms with Gasteiger partial charge in [-0.2, -0.15) is 0 Å². The van der Waals surface area contributed by atoms with Crippen LogP contribution in [0, 0.1) is 5.92 Å². The number of methoxy groups -OCH3 is 2. The first-order valence-corrected chi connectivity index (χ1v) is 19.1. The van der Waals surface area contributed by atoms with Crippen molar-refractivity contribution in [3.05, 3.63) is 141 Å². The van der Waals surface area contributed by atoms with Crippen LogP contribution >= 0.6 is 23.2 Å². The summed E-state index contributed by atoms with van der Waals surface area (Å²) in [5, 5.41) is 0.796. The third-order valence-electron chi connectivity index (χ3n) is 10.4. The normalized spacial score (nSPS) is 18.2. The molecule has 56 heavy (non-hydrogen) atoms. The molecule has 13 heteroatoms. The number of fused-ring (bicyclic) bond motifs is 3. The first kappa shape index (κ1) is 40.6. The van der Waals surface area contributed by atoms with Crippen LogP contribution in [0.5, 0.6) is 17.2 Å². The molecule has 0 unspecified atom stereocenters. The lowest BCUT2D eigenvalue weighted by Gasteiger charge is -2.44. The van der Waals surface area contributed by atoms with Crippen molar-refractivity contribution in [3.8, 4) is 17.2 Å². The van der Waals surface area contributed by atoms with E-state index in [9.17, 15) is 9.59 Å². The number of hydrogen-bond acceptors (Lipinski definition) is 10. The lowest BCUT2D eigenvalue weighted by Crippen LogP contribution is -2.52. The van der Waals surface area contributed by atoms with Crippen LogP contribution in [0.2, 0.25) is 10.0 Å². The standard InChI is InChI=1S/C43H42Cl2N2O8.H2O/c1-50-37-13-11-30(20-40(37)51-2)39(21-34-35(44)23-46-24-36(34)45)55-43(49)38-14-12-32(53-38)26-52-31-10-6-9-29(19-31)33(27-7-4-3-5-8-27)22-42(48)54-41-25-47-17-15-28(41)16-18-47;/h3-14,19-20,23-24,28,33,39,41H,15-18,21-22,25-26H2,1-2H3;1H2/t33-,39-,41-;/m0./s1. The van der Waals surface area contributed by atoms with Crippen LogP contribution in [0.3, 0.4) is 0 Å². The Morgan fingerprint density at radius 2 is 1.59 bits per heavy atom. The first-order chi connectivity index (χ1) is 26.8. The highest BCUT2D eigenvalue weighted by molar-refractivity contribution is 6.35. The second-order valence-electron chi connectivity index (χ2n) is 13.8. The topological polar surface area (TPSA) is 141 Å². The van der Waals surface area contributed by atoms with Gasteiger partial charge < -0.3 is 33.6 Å². The van der Waals surface area contributed by atoms with Crippen molar-refractivity contribution in [2.75, 3.05) is 33.9 Å². The van der Waals surface area contributed by atoms with Crippen molar-refractivity contribution in [2.45, 2.75) is 50.4 Å². The molecule has 5 heterocycles. The summed E-state index contributed by atoms with van der Waals surface area (Å²) in [5.41, 5.74) is 3.19. The zero-order valence-electron chi connectivity index (χ0n) is 31.1. The van der Waals surface area contributed by atoms with E-state index in [2.05, 4.69) is 9.88 Å². The van der Waals surface area contributed by atoms with Gasteiger partial charge in [0.15, 0.2) is 23.9 Å². The highest BCUT2D eigenvalue weighted by Gasteiger charge is 2.37. The van der Waals surface area contributed by atoms with Crippen LogP contribution in [0.1, 0.15) is 69.9 Å². The van der Waals surface area contributed by atoms with E-state index in [0.29, 0.717) is 50.1 Å². The van der Waals surface area contributed by atoms with Gasteiger partial charge in [-0.05, 0) is 84.9 Å². The van der Waals surface area contributed by atoms with Crippen molar-refractivity contribution in [1.29, 1.82) is 0 Å². The molecule has 5 aromatic rings. The summed E-state index contributed by atoms with van der Waals surface area (Å²) in [4.78, 5) is 32.2. The van der Waals surface area contributed by atoms with E-state index in [-0.39, 0.29) is 48.7 Å². The maximum atomic E-state index is 13.5. The van der Waals surface area contributed by atoms with Crippen LogP contribution in [0.4, 0.5) is 0 Å². The molecule has 3 atom stereocenters. The number of benzene rings is 3. The Bertz CT molecular complexity index is 2080. The monoisotopic (exact) mass is 802 g/mol. The van der Waals surface area contributed by atoms with Gasteiger partial charge >= 0.3 is 11.9 Å². The number of nitrogens with one attached hydrogen (secondary N) is 1.